The van der Waals surface area contributed by atoms with E-state index in [4.69, 9.17) is 18.9 Å². The van der Waals surface area contributed by atoms with E-state index in [0.717, 1.165) is 47.6 Å². The quantitative estimate of drug-likeness (QED) is 0.157. The highest BCUT2D eigenvalue weighted by molar-refractivity contribution is 5.98. The van der Waals surface area contributed by atoms with Gasteiger partial charge in [-0.25, -0.2) is 0 Å². The van der Waals surface area contributed by atoms with E-state index >= 15 is 0 Å². The summed E-state index contributed by atoms with van der Waals surface area (Å²) in [4.78, 5) is 43.1. The number of carbonyl (C=O) groups excluding carboxylic acids is 3. The highest BCUT2D eigenvalue weighted by atomic mass is 16.5. The lowest BCUT2D eigenvalue weighted by molar-refractivity contribution is -0.159. The minimum atomic E-state index is -0.594. The van der Waals surface area contributed by atoms with Crippen molar-refractivity contribution in [1.29, 1.82) is 0 Å². The van der Waals surface area contributed by atoms with Gasteiger partial charge < -0.3 is 29.2 Å². The van der Waals surface area contributed by atoms with Gasteiger partial charge in [0.25, 0.3) is 5.91 Å². The maximum atomic E-state index is 14.3. The fourth-order valence-corrected chi connectivity index (χ4v) is 8.98. The Morgan fingerprint density at radius 1 is 0.923 bits per heavy atom. The lowest BCUT2D eigenvalue weighted by Crippen LogP contribution is -2.54. The minimum absolute atomic E-state index is 0.0218. The lowest BCUT2D eigenvalue weighted by atomic mass is 9.74. The fourth-order valence-electron chi connectivity index (χ4n) is 8.98. The van der Waals surface area contributed by atoms with Crippen LogP contribution in [-0.2, 0) is 25.7 Å². The van der Waals surface area contributed by atoms with Gasteiger partial charge in [-0.2, -0.15) is 0 Å². The van der Waals surface area contributed by atoms with Crippen molar-refractivity contribution < 1.29 is 33.3 Å². The topological polar surface area (TPSA) is 103 Å². The van der Waals surface area contributed by atoms with Gasteiger partial charge in [0.05, 0.1) is 41.8 Å². The molecule has 276 valence electrons. The molecule has 0 radical (unpaired) electrons. The van der Waals surface area contributed by atoms with Crippen LogP contribution in [0.1, 0.15) is 79.8 Å². The highest BCUT2D eigenvalue weighted by Crippen LogP contribution is 2.47. The number of fused-ring (bicyclic) bond motifs is 3. The molecule has 3 aromatic rings. The number of nitrogens with zero attached hydrogens (tertiary/aromatic N) is 1. The van der Waals surface area contributed by atoms with Gasteiger partial charge in [0.1, 0.15) is 18.1 Å². The Morgan fingerprint density at radius 2 is 1.65 bits per heavy atom. The molecule has 4 atom stereocenters. The van der Waals surface area contributed by atoms with Crippen LogP contribution in [-0.4, -0.2) is 68.2 Å². The summed E-state index contributed by atoms with van der Waals surface area (Å²) in [5.74, 6) is 0.554. The second-order valence-electron chi connectivity index (χ2n) is 15.7. The standard InChI is InChI=1S/C43H52N2O7/c1-27-22-36(49-4)34(40(47)45(3)38-30-15-14-29(23-30)37(38)39(46)44-26-43(50-5)18-9-19-43)24-35(27)52-32-16-20-42(2,21-17-32)41(48)51-25-31-12-8-11-28-10-6-7-13-33(28)31/h6-8,10-15,22,24,29-30,32,37-38H,9,16-21,23,25-26H2,1-5H3,(H,44,46)/t29-,30+,32-,37+,38-,42+/m1/s1. The molecule has 3 saturated carbocycles. The predicted octanol–water partition coefficient (Wildman–Crippen LogP) is 7.18. The number of hydrogen-bond donors (Lipinski definition) is 1. The summed E-state index contributed by atoms with van der Waals surface area (Å²) in [6.45, 7) is 4.67. The third kappa shape index (κ3) is 6.80. The van der Waals surface area contributed by atoms with Gasteiger partial charge >= 0.3 is 5.97 Å². The van der Waals surface area contributed by atoms with Gasteiger partial charge in [-0.1, -0.05) is 54.6 Å². The summed E-state index contributed by atoms with van der Waals surface area (Å²) in [5.41, 5.74) is 1.40. The summed E-state index contributed by atoms with van der Waals surface area (Å²) >= 11 is 0. The van der Waals surface area contributed by atoms with Crippen LogP contribution in [0.2, 0.25) is 0 Å². The van der Waals surface area contributed by atoms with E-state index in [1.54, 1.807) is 32.2 Å². The van der Waals surface area contributed by atoms with Crippen molar-refractivity contribution in [2.75, 3.05) is 27.8 Å². The number of nitrogens with one attached hydrogen (secondary N) is 1. The highest BCUT2D eigenvalue weighted by Gasteiger charge is 2.51. The van der Waals surface area contributed by atoms with E-state index in [1.807, 2.05) is 44.2 Å². The van der Waals surface area contributed by atoms with Gasteiger partial charge in [-0.3, -0.25) is 14.4 Å². The molecule has 0 saturated heterocycles. The number of allylic oxidation sites excluding steroid dienone is 1. The molecule has 4 aliphatic rings. The van der Waals surface area contributed by atoms with Crippen LogP contribution in [0.5, 0.6) is 11.5 Å². The molecule has 4 aliphatic carbocycles. The number of esters is 1. The molecule has 9 heteroatoms. The number of amides is 2. The van der Waals surface area contributed by atoms with Crippen molar-refractivity contribution >= 4 is 28.6 Å². The normalized spacial score (nSPS) is 27.1. The van der Waals surface area contributed by atoms with Crippen LogP contribution in [0.25, 0.3) is 10.8 Å². The number of rotatable bonds is 12. The summed E-state index contributed by atoms with van der Waals surface area (Å²) < 4.78 is 23.9. The van der Waals surface area contributed by atoms with E-state index in [9.17, 15) is 14.4 Å². The molecule has 3 fully saturated rings. The molecule has 0 unspecified atom stereocenters. The van der Waals surface area contributed by atoms with Crippen LogP contribution in [0.4, 0.5) is 0 Å². The van der Waals surface area contributed by atoms with Crippen molar-refractivity contribution in [3.63, 3.8) is 0 Å². The van der Waals surface area contributed by atoms with Crippen LogP contribution in [0.15, 0.2) is 66.7 Å². The van der Waals surface area contributed by atoms with Gasteiger partial charge in [-0.05, 0) is 111 Å². The van der Waals surface area contributed by atoms with Crippen LogP contribution in [0, 0.1) is 30.1 Å². The second-order valence-corrected chi connectivity index (χ2v) is 15.7. The van der Waals surface area contributed by atoms with Gasteiger partial charge in [0.2, 0.25) is 5.91 Å². The first kappa shape index (κ1) is 36.0. The van der Waals surface area contributed by atoms with Gasteiger partial charge in [0.15, 0.2) is 0 Å². The molecule has 3 aromatic carbocycles. The molecule has 1 N–H and O–H groups in total. The first-order chi connectivity index (χ1) is 25.0. The number of benzene rings is 3. The van der Waals surface area contributed by atoms with Crippen molar-refractivity contribution in [3.05, 3.63) is 83.4 Å². The Labute approximate surface area is 307 Å². The van der Waals surface area contributed by atoms with Gasteiger partial charge in [-0.15, -0.1) is 0 Å². The minimum Gasteiger partial charge on any atom is -0.496 e. The maximum Gasteiger partial charge on any atom is 0.312 e. The van der Waals surface area contributed by atoms with E-state index in [2.05, 4.69) is 35.7 Å². The zero-order valence-electron chi connectivity index (χ0n) is 31.1. The second kappa shape index (κ2) is 14.6. The summed E-state index contributed by atoms with van der Waals surface area (Å²) in [5, 5.41) is 5.39. The van der Waals surface area contributed by atoms with Gasteiger partial charge in [0, 0.05) is 20.7 Å². The number of carbonyl (C=O) groups is 3. The largest absolute Gasteiger partial charge is 0.496 e. The van der Waals surface area contributed by atoms with E-state index < -0.39 is 5.41 Å². The molecule has 2 bridgehead atoms. The lowest BCUT2D eigenvalue weighted by Gasteiger charge is -2.41. The third-order valence-corrected chi connectivity index (χ3v) is 12.6. The van der Waals surface area contributed by atoms with E-state index in [-0.39, 0.29) is 59.9 Å². The van der Waals surface area contributed by atoms with Crippen LogP contribution in [0.3, 0.4) is 0 Å². The summed E-state index contributed by atoms with van der Waals surface area (Å²) in [7, 11) is 5.08. The number of methoxy groups -OCH3 is 2. The number of ether oxygens (including phenoxy) is 4. The SMILES string of the molecule is COc1cc(C)c(O[C@H]2CC[C@@](C)(C(=O)OCc3cccc4ccccc34)CC2)cc1C(=O)N(C)[C@H]1[C@@H](C(=O)NCC2(OC)CCC2)[C@@H]2C=C[C@H]1C2. The molecular formula is C43H52N2O7. The molecule has 7 rings (SSSR count). The molecule has 0 aromatic heterocycles. The zero-order chi connectivity index (χ0) is 36.6. The van der Waals surface area contributed by atoms with Crippen molar-refractivity contribution in [3.8, 4) is 11.5 Å². The average Bonchev–Trinajstić information content (AvgIpc) is 3.77. The molecule has 9 nitrogen and oxygen atoms in total. The molecule has 0 aliphatic heterocycles. The zero-order valence-corrected chi connectivity index (χ0v) is 31.1. The van der Waals surface area contributed by atoms with E-state index in [1.165, 1.54) is 0 Å². The Bertz CT molecular complexity index is 1850. The Balaban J connectivity index is 0.998. The Morgan fingerprint density at radius 3 is 2.37 bits per heavy atom. The molecule has 2 amide bonds. The smallest absolute Gasteiger partial charge is 0.312 e. The fraction of sp³-hybridized carbons (Fsp3) is 0.512. The Hall–Kier alpha value is -4.37. The third-order valence-electron chi connectivity index (χ3n) is 12.6. The molecule has 0 heterocycles. The van der Waals surface area contributed by atoms with Crippen LogP contribution < -0.4 is 14.8 Å². The first-order valence-electron chi connectivity index (χ1n) is 18.8. The molecule has 0 spiro atoms. The van der Waals surface area contributed by atoms with Crippen molar-refractivity contribution in [1.82, 2.24) is 10.2 Å². The molecular weight excluding hydrogens is 656 g/mol. The summed E-state index contributed by atoms with van der Waals surface area (Å²) in [6, 6.07) is 17.6. The monoisotopic (exact) mass is 708 g/mol. The molecule has 52 heavy (non-hydrogen) atoms. The Kier molecular flexibility index (Phi) is 10.1. The number of aryl methyl sites for hydroxylation is 1. The van der Waals surface area contributed by atoms with Crippen molar-refractivity contribution in [2.45, 2.75) is 89.6 Å². The first-order valence-corrected chi connectivity index (χ1v) is 18.8. The summed E-state index contributed by atoms with van der Waals surface area (Å²) in [6.07, 6.45) is 10.7. The predicted molar refractivity (Wildman–Crippen MR) is 199 cm³/mol. The van der Waals surface area contributed by atoms with Crippen LogP contribution >= 0.6 is 0 Å². The average molecular weight is 709 g/mol. The maximum absolute atomic E-state index is 14.3. The number of hydrogen-bond acceptors (Lipinski definition) is 7. The van der Waals surface area contributed by atoms with E-state index in [0.29, 0.717) is 49.3 Å². The van der Waals surface area contributed by atoms with Crippen molar-refractivity contribution in [2.24, 2.45) is 23.2 Å².